The molecule has 8 atom stereocenters. The summed E-state index contributed by atoms with van der Waals surface area (Å²) in [7, 11) is 0. The predicted molar refractivity (Wildman–Crippen MR) is 136 cm³/mol. The second-order valence-electron chi connectivity index (χ2n) is 12.3. The van der Waals surface area contributed by atoms with E-state index in [-0.39, 0.29) is 29.0 Å². The molecule has 6 nitrogen and oxygen atoms in total. The van der Waals surface area contributed by atoms with Gasteiger partial charge in [-0.15, -0.1) is 0 Å². The number of carbonyl (C=O) groups excluding carboxylic acids is 1. The highest BCUT2D eigenvalue weighted by atomic mass is 16.4. The van der Waals surface area contributed by atoms with E-state index in [4.69, 9.17) is 0 Å². The zero-order valence-electron chi connectivity index (χ0n) is 22.2. The van der Waals surface area contributed by atoms with E-state index in [0.29, 0.717) is 44.9 Å². The first-order valence-corrected chi connectivity index (χ1v) is 13.4. The molecule has 0 aromatic rings. The van der Waals surface area contributed by atoms with Crippen LogP contribution in [0.5, 0.6) is 0 Å². The number of aliphatic hydroxyl groups excluding tert-OH is 2. The van der Waals surface area contributed by atoms with Gasteiger partial charge < -0.3 is 20.4 Å². The summed E-state index contributed by atoms with van der Waals surface area (Å²) in [6.45, 7) is 13.9. The first kappa shape index (κ1) is 28.1. The van der Waals surface area contributed by atoms with E-state index in [1.54, 1.807) is 6.92 Å². The Morgan fingerprint density at radius 3 is 2.37 bits per heavy atom. The molecule has 0 spiro atoms. The van der Waals surface area contributed by atoms with Crippen LogP contribution in [0.1, 0.15) is 92.4 Å². The molecule has 6 heteroatoms. The van der Waals surface area contributed by atoms with Crippen LogP contribution >= 0.6 is 0 Å². The molecule has 0 radical (unpaired) electrons. The monoisotopic (exact) mass is 490 g/mol. The molecule has 4 N–H and O–H groups in total. The van der Waals surface area contributed by atoms with Crippen LogP contribution in [0.3, 0.4) is 0 Å². The van der Waals surface area contributed by atoms with Gasteiger partial charge in [-0.2, -0.15) is 0 Å². The maximum Gasteiger partial charge on any atom is 0.309 e. The number of allylic oxidation sites excluding steroid dienone is 1. The maximum atomic E-state index is 13.0. The van der Waals surface area contributed by atoms with Crippen molar-refractivity contribution in [2.75, 3.05) is 0 Å². The molecular weight excluding hydrogens is 444 g/mol. The minimum Gasteiger partial charge on any atom is -0.481 e. The van der Waals surface area contributed by atoms with Gasteiger partial charge in [0.05, 0.1) is 23.7 Å². The van der Waals surface area contributed by atoms with Gasteiger partial charge in [0.1, 0.15) is 5.78 Å². The Labute approximate surface area is 210 Å². The Morgan fingerprint density at radius 1 is 1.11 bits per heavy atom. The smallest absolute Gasteiger partial charge is 0.309 e. The quantitative estimate of drug-likeness (QED) is 0.349. The van der Waals surface area contributed by atoms with E-state index in [0.717, 1.165) is 18.4 Å². The number of rotatable bonds is 9. The van der Waals surface area contributed by atoms with Gasteiger partial charge in [0.2, 0.25) is 0 Å². The number of hydrogen-bond acceptors (Lipinski definition) is 5. The molecule has 35 heavy (non-hydrogen) atoms. The van der Waals surface area contributed by atoms with Crippen LogP contribution in [0.4, 0.5) is 0 Å². The molecular formula is C29H46O6. The fourth-order valence-electron chi connectivity index (χ4n) is 7.17. The molecule has 0 amide bonds. The standard InChI is InChI=1S/C29H46O6/c1-16(2)17(3)15-25(32)18(4)23(30)10-9-21-19-7-8-22-26(27(33)34)24(31)12-13-28(22,5)20(19)11-14-29(21,6)35/h16,18,21-22,24-26,31-32,35H,3,7-15H2,1-2,4-6H3,(H,33,34)/t18-,21-,22-,24+,25+,26-,28+,29+/m1/s1. The van der Waals surface area contributed by atoms with E-state index in [1.807, 2.05) is 20.8 Å². The molecule has 0 bridgehead atoms. The van der Waals surface area contributed by atoms with Gasteiger partial charge in [0, 0.05) is 18.3 Å². The zero-order chi connectivity index (χ0) is 26.3. The molecule has 0 aromatic carbocycles. The maximum absolute atomic E-state index is 13.0. The summed E-state index contributed by atoms with van der Waals surface area (Å²) in [6.07, 6.45) is 3.58. The van der Waals surface area contributed by atoms with Crippen molar-refractivity contribution in [2.24, 2.45) is 35.0 Å². The number of aliphatic hydroxyl groups is 3. The van der Waals surface area contributed by atoms with E-state index >= 15 is 0 Å². The molecule has 3 rings (SSSR count). The highest BCUT2D eigenvalue weighted by molar-refractivity contribution is 5.81. The molecule has 3 aliphatic carbocycles. The van der Waals surface area contributed by atoms with Crippen molar-refractivity contribution in [2.45, 2.75) is 110 Å². The summed E-state index contributed by atoms with van der Waals surface area (Å²) >= 11 is 0. The lowest BCUT2D eigenvalue weighted by Gasteiger charge is -2.55. The third kappa shape index (κ3) is 5.45. The largest absolute Gasteiger partial charge is 0.481 e. The number of carbonyl (C=O) groups is 2. The average Bonchev–Trinajstić information content (AvgIpc) is 2.76. The first-order valence-electron chi connectivity index (χ1n) is 13.4. The lowest BCUT2D eigenvalue weighted by Crippen LogP contribution is -2.52. The lowest BCUT2D eigenvalue weighted by atomic mass is 9.50. The van der Waals surface area contributed by atoms with Crippen LogP contribution in [0.15, 0.2) is 23.3 Å². The number of fused-ring (bicyclic) bond motifs is 2. The third-order valence-electron chi connectivity index (χ3n) is 9.82. The molecule has 1 fully saturated rings. The van der Waals surface area contributed by atoms with Crippen molar-refractivity contribution in [1.82, 2.24) is 0 Å². The minimum atomic E-state index is -0.921. The van der Waals surface area contributed by atoms with Crippen molar-refractivity contribution < 1.29 is 30.0 Å². The molecule has 1 saturated carbocycles. The molecule has 0 saturated heterocycles. The Morgan fingerprint density at radius 2 is 1.77 bits per heavy atom. The van der Waals surface area contributed by atoms with Gasteiger partial charge in [-0.1, -0.05) is 51.0 Å². The van der Waals surface area contributed by atoms with Crippen molar-refractivity contribution in [1.29, 1.82) is 0 Å². The Balaban J connectivity index is 1.79. The van der Waals surface area contributed by atoms with Gasteiger partial charge in [-0.3, -0.25) is 9.59 Å². The summed E-state index contributed by atoms with van der Waals surface area (Å²) < 4.78 is 0. The van der Waals surface area contributed by atoms with Crippen LogP contribution in [-0.4, -0.2) is 50.0 Å². The molecule has 3 aliphatic rings. The van der Waals surface area contributed by atoms with Crippen molar-refractivity contribution in [3.63, 3.8) is 0 Å². The van der Waals surface area contributed by atoms with E-state index < -0.39 is 35.6 Å². The normalized spacial score (nSPS) is 36.8. The lowest BCUT2D eigenvalue weighted by molar-refractivity contribution is -0.156. The first-order chi connectivity index (χ1) is 16.2. The Bertz CT molecular complexity index is 870. The van der Waals surface area contributed by atoms with E-state index in [1.165, 1.54) is 11.1 Å². The summed E-state index contributed by atoms with van der Waals surface area (Å²) in [4.78, 5) is 25.0. The second-order valence-corrected chi connectivity index (χ2v) is 12.3. The average molecular weight is 491 g/mol. The minimum absolute atomic E-state index is 0.00390. The topological polar surface area (TPSA) is 115 Å². The highest BCUT2D eigenvalue weighted by Gasteiger charge is 2.55. The van der Waals surface area contributed by atoms with Crippen molar-refractivity contribution in [3.8, 4) is 0 Å². The van der Waals surface area contributed by atoms with Gasteiger partial charge in [0.15, 0.2) is 0 Å². The van der Waals surface area contributed by atoms with Crippen molar-refractivity contribution in [3.05, 3.63) is 23.3 Å². The number of aliphatic carboxylic acids is 1. The molecule has 0 aliphatic heterocycles. The summed E-state index contributed by atoms with van der Waals surface area (Å²) in [5, 5.41) is 42.2. The summed E-state index contributed by atoms with van der Waals surface area (Å²) in [5.41, 5.74) is 2.18. The van der Waals surface area contributed by atoms with Crippen LogP contribution in [0.2, 0.25) is 0 Å². The van der Waals surface area contributed by atoms with Gasteiger partial charge in [-0.05, 0) is 75.5 Å². The third-order valence-corrected chi connectivity index (χ3v) is 9.82. The zero-order valence-corrected chi connectivity index (χ0v) is 22.2. The number of Topliss-reactive ketones (excluding diaryl/α,β-unsaturated/α-hetero) is 1. The second kappa shape index (κ2) is 10.5. The molecule has 198 valence electrons. The van der Waals surface area contributed by atoms with Crippen molar-refractivity contribution >= 4 is 11.8 Å². The molecule has 0 aromatic heterocycles. The van der Waals surface area contributed by atoms with Gasteiger partial charge >= 0.3 is 5.97 Å². The SMILES string of the molecule is C=C(C[C@H](O)[C@H](C)C(=O)CC[C@@H]1C2=C(CC[C@]1(C)O)[C@]1(C)CC[C@H](O)[C@H](C(=O)O)[C@H]1CC2)C(C)C. The summed E-state index contributed by atoms with van der Waals surface area (Å²) in [5.74, 6) is -2.17. The Kier molecular flexibility index (Phi) is 8.40. The van der Waals surface area contributed by atoms with Gasteiger partial charge in [-0.25, -0.2) is 0 Å². The highest BCUT2D eigenvalue weighted by Crippen LogP contribution is 2.60. The van der Waals surface area contributed by atoms with Crippen LogP contribution in [0, 0.1) is 35.0 Å². The number of ketones is 1. The van der Waals surface area contributed by atoms with Crippen LogP contribution < -0.4 is 0 Å². The van der Waals surface area contributed by atoms with Crippen LogP contribution in [-0.2, 0) is 9.59 Å². The molecule has 0 unspecified atom stereocenters. The summed E-state index contributed by atoms with van der Waals surface area (Å²) in [6, 6.07) is 0. The number of hydrogen-bond donors (Lipinski definition) is 4. The Hall–Kier alpha value is -1.50. The van der Waals surface area contributed by atoms with Gasteiger partial charge in [0.25, 0.3) is 0 Å². The van der Waals surface area contributed by atoms with Crippen LogP contribution in [0.25, 0.3) is 0 Å². The van der Waals surface area contributed by atoms with E-state index in [2.05, 4.69) is 13.5 Å². The van der Waals surface area contributed by atoms with E-state index in [9.17, 15) is 30.0 Å². The number of carboxylic acid groups (broad SMARTS) is 1. The fourth-order valence-corrected chi connectivity index (χ4v) is 7.17. The fraction of sp³-hybridized carbons (Fsp3) is 0.793. The number of carboxylic acids is 1. The molecule has 0 heterocycles. The predicted octanol–water partition coefficient (Wildman–Crippen LogP) is 4.66.